The van der Waals surface area contributed by atoms with E-state index >= 15 is 0 Å². The van der Waals surface area contributed by atoms with Crippen LogP contribution in [0.2, 0.25) is 5.02 Å². The second kappa shape index (κ2) is 11.2. The normalized spacial score (nSPS) is 11.4. The van der Waals surface area contributed by atoms with Gasteiger partial charge in [0.1, 0.15) is 5.82 Å². The largest absolute Gasteiger partial charge is 0.416 e. The van der Waals surface area contributed by atoms with Gasteiger partial charge >= 0.3 is 6.18 Å². The lowest BCUT2D eigenvalue weighted by Crippen LogP contribution is -2.16. The van der Waals surface area contributed by atoms with Crippen LogP contribution < -0.4 is 5.32 Å². The Morgan fingerprint density at radius 3 is 2.31 bits per heavy atom. The summed E-state index contributed by atoms with van der Waals surface area (Å²) in [4.78, 5) is 13.6. The molecule has 0 radical (unpaired) electrons. The molecule has 0 aliphatic carbocycles. The lowest BCUT2D eigenvalue weighted by Gasteiger charge is -2.12. The maximum atomic E-state index is 13.0. The Labute approximate surface area is 213 Å². The highest BCUT2D eigenvalue weighted by Crippen LogP contribution is 2.34. The first-order valence-corrected chi connectivity index (χ1v) is 12.6. The van der Waals surface area contributed by atoms with Crippen molar-refractivity contribution in [2.75, 3.05) is 11.1 Å². The molecule has 3 aromatic carbocycles. The van der Waals surface area contributed by atoms with Gasteiger partial charge in [0.25, 0.3) is 0 Å². The van der Waals surface area contributed by atoms with Crippen LogP contribution in [-0.2, 0) is 16.7 Å². The van der Waals surface area contributed by atoms with E-state index in [1.807, 2.05) is 65.2 Å². The molecule has 0 spiro atoms. The summed E-state index contributed by atoms with van der Waals surface area (Å²) in [6.45, 7) is 0. The summed E-state index contributed by atoms with van der Waals surface area (Å²) in [7, 11) is 0. The Hall–Kier alpha value is -2.95. The van der Waals surface area contributed by atoms with E-state index in [0.29, 0.717) is 16.7 Å². The summed E-state index contributed by atoms with van der Waals surface area (Å²) < 4.78 is 40.9. The average Bonchev–Trinajstić information content (AvgIpc) is 3.26. The third kappa shape index (κ3) is 6.59. The number of halogens is 4. The second-order valence-electron chi connectivity index (χ2n) is 7.20. The molecule has 0 saturated heterocycles. The number of hydrogen-bond donors (Lipinski definition) is 1. The maximum Gasteiger partial charge on any atom is 0.416 e. The van der Waals surface area contributed by atoms with E-state index in [2.05, 4.69) is 15.5 Å². The van der Waals surface area contributed by atoms with Gasteiger partial charge in [-0.05, 0) is 42.5 Å². The van der Waals surface area contributed by atoms with Gasteiger partial charge in [-0.3, -0.25) is 9.36 Å². The van der Waals surface area contributed by atoms with E-state index in [4.69, 9.17) is 11.6 Å². The van der Waals surface area contributed by atoms with Crippen LogP contribution in [0.3, 0.4) is 0 Å². The molecule has 35 heavy (non-hydrogen) atoms. The molecule has 4 aromatic rings. The third-order valence-electron chi connectivity index (χ3n) is 4.73. The number of nitrogens with zero attached hydrogens (tertiary/aromatic N) is 3. The number of nitrogens with one attached hydrogen (secondary N) is 1. The van der Waals surface area contributed by atoms with Crippen LogP contribution in [0.5, 0.6) is 0 Å². The fourth-order valence-corrected chi connectivity index (χ4v) is 4.87. The Bertz CT molecular complexity index is 1300. The molecule has 5 nitrogen and oxygen atoms in total. The fourth-order valence-electron chi connectivity index (χ4n) is 3.10. The monoisotopic (exact) mass is 534 g/mol. The van der Waals surface area contributed by atoms with Crippen LogP contribution in [0.15, 0.2) is 88.9 Å². The number of anilines is 1. The van der Waals surface area contributed by atoms with Crippen LogP contribution in [0.25, 0.3) is 5.69 Å². The Morgan fingerprint density at radius 2 is 1.63 bits per heavy atom. The number of alkyl halides is 3. The average molecular weight is 535 g/mol. The van der Waals surface area contributed by atoms with Crippen molar-refractivity contribution in [3.05, 3.63) is 95.3 Å². The molecular formula is C24H18ClF3N4OS2. The minimum atomic E-state index is -4.54. The number of thioether (sulfide) groups is 2. The molecule has 0 saturated carbocycles. The van der Waals surface area contributed by atoms with E-state index in [1.165, 1.54) is 0 Å². The van der Waals surface area contributed by atoms with Gasteiger partial charge in [-0.2, -0.15) is 13.2 Å². The zero-order valence-corrected chi connectivity index (χ0v) is 20.4. The van der Waals surface area contributed by atoms with Crippen LogP contribution in [0.4, 0.5) is 18.9 Å². The Kier molecular flexibility index (Phi) is 8.04. The van der Waals surface area contributed by atoms with Gasteiger partial charge < -0.3 is 5.32 Å². The summed E-state index contributed by atoms with van der Waals surface area (Å²) in [5, 5.41) is 11.5. The van der Waals surface area contributed by atoms with Crippen molar-refractivity contribution in [3.8, 4) is 5.69 Å². The molecule has 1 amide bonds. The maximum absolute atomic E-state index is 13.0. The van der Waals surface area contributed by atoms with E-state index in [-0.39, 0.29) is 16.5 Å². The minimum absolute atomic E-state index is 0.0176. The van der Waals surface area contributed by atoms with E-state index in [0.717, 1.165) is 40.5 Å². The summed E-state index contributed by atoms with van der Waals surface area (Å²) in [5.74, 6) is 0.648. The first-order chi connectivity index (χ1) is 16.8. The Morgan fingerprint density at radius 1 is 0.943 bits per heavy atom. The first-order valence-electron chi connectivity index (χ1n) is 10.3. The van der Waals surface area contributed by atoms with Crippen molar-refractivity contribution in [1.29, 1.82) is 0 Å². The van der Waals surface area contributed by atoms with Crippen LogP contribution in [-0.4, -0.2) is 26.4 Å². The molecule has 1 aromatic heterocycles. The molecule has 0 unspecified atom stereocenters. The van der Waals surface area contributed by atoms with Gasteiger partial charge in [0.15, 0.2) is 5.16 Å². The van der Waals surface area contributed by atoms with Crippen molar-refractivity contribution in [2.45, 2.75) is 22.0 Å². The summed E-state index contributed by atoms with van der Waals surface area (Å²) in [6, 6.07) is 22.2. The van der Waals surface area contributed by atoms with Crippen LogP contribution in [0, 0.1) is 0 Å². The van der Waals surface area contributed by atoms with E-state index < -0.39 is 17.6 Å². The van der Waals surface area contributed by atoms with Crippen molar-refractivity contribution in [2.24, 2.45) is 0 Å². The topological polar surface area (TPSA) is 59.8 Å². The van der Waals surface area contributed by atoms with E-state index in [9.17, 15) is 18.0 Å². The van der Waals surface area contributed by atoms with Gasteiger partial charge in [-0.1, -0.05) is 59.8 Å². The summed E-state index contributed by atoms with van der Waals surface area (Å²) >= 11 is 8.72. The summed E-state index contributed by atoms with van der Waals surface area (Å²) in [6.07, 6.45) is -4.54. The van der Waals surface area contributed by atoms with Crippen molar-refractivity contribution in [1.82, 2.24) is 14.8 Å². The van der Waals surface area contributed by atoms with E-state index in [1.54, 1.807) is 11.8 Å². The number of hydrogen-bond acceptors (Lipinski definition) is 5. The number of carbonyl (C=O) groups is 1. The SMILES string of the molecule is O=C(CSc1nnc(CSc2ccccc2)n1-c1ccccc1)Nc1cc(C(F)(F)F)ccc1Cl. The molecule has 4 rings (SSSR count). The lowest BCUT2D eigenvalue weighted by atomic mass is 10.2. The highest BCUT2D eigenvalue weighted by Gasteiger charge is 2.31. The van der Waals surface area contributed by atoms with Gasteiger partial charge in [0.2, 0.25) is 5.91 Å². The summed E-state index contributed by atoms with van der Waals surface area (Å²) in [5.41, 5.74) is -0.157. The van der Waals surface area contributed by atoms with Gasteiger partial charge in [0, 0.05) is 10.6 Å². The molecule has 0 bridgehead atoms. The molecule has 180 valence electrons. The molecular weight excluding hydrogens is 517 g/mol. The highest BCUT2D eigenvalue weighted by molar-refractivity contribution is 7.99. The van der Waals surface area contributed by atoms with Crippen molar-refractivity contribution >= 4 is 46.7 Å². The molecule has 0 atom stereocenters. The number of aromatic nitrogens is 3. The number of benzene rings is 3. The molecule has 1 N–H and O–H groups in total. The van der Waals surface area contributed by atoms with Gasteiger partial charge in [-0.25, -0.2) is 0 Å². The predicted molar refractivity (Wildman–Crippen MR) is 133 cm³/mol. The number of carbonyl (C=O) groups excluding carboxylic acids is 1. The van der Waals surface area contributed by atoms with Crippen molar-refractivity contribution in [3.63, 3.8) is 0 Å². The smallest absolute Gasteiger partial charge is 0.324 e. The number of rotatable bonds is 8. The molecule has 1 heterocycles. The first kappa shape index (κ1) is 25.2. The van der Waals surface area contributed by atoms with Gasteiger partial charge in [0.05, 0.1) is 27.8 Å². The lowest BCUT2D eigenvalue weighted by molar-refractivity contribution is -0.137. The third-order valence-corrected chi connectivity index (χ3v) is 6.99. The quantitative estimate of drug-likeness (QED) is 0.248. The minimum Gasteiger partial charge on any atom is -0.324 e. The predicted octanol–water partition coefficient (Wildman–Crippen LogP) is 6.96. The fraction of sp³-hybridized carbons (Fsp3) is 0.125. The van der Waals surface area contributed by atoms with Crippen LogP contribution in [0.1, 0.15) is 11.4 Å². The number of amides is 1. The zero-order chi connectivity index (χ0) is 24.8. The standard InChI is InChI=1S/C24H18ClF3N4OS2/c25-19-12-11-16(24(26,27)28)13-20(19)29-22(33)15-35-23-31-30-21(14-34-18-9-5-2-6-10-18)32(23)17-7-3-1-4-8-17/h1-13H,14-15H2,(H,29,33). The van der Waals surface area contributed by atoms with Gasteiger partial charge in [-0.15, -0.1) is 22.0 Å². The molecule has 0 aliphatic rings. The van der Waals surface area contributed by atoms with Crippen LogP contribution >= 0.6 is 35.1 Å². The second-order valence-corrected chi connectivity index (χ2v) is 9.60. The molecule has 0 fully saturated rings. The Balaban J connectivity index is 1.49. The highest BCUT2D eigenvalue weighted by atomic mass is 35.5. The molecule has 11 heteroatoms. The molecule has 0 aliphatic heterocycles. The van der Waals surface area contributed by atoms with Crippen molar-refractivity contribution < 1.29 is 18.0 Å². The zero-order valence-electron chi connectivity index (χ0n) is 18.0. The number of para-hydroxylation sites is 1.